The van der Waals surface area contributed by atoms with Gasteiger partial charge in [0.15, 0.2) is 0 Å². The number of phenolic OH excluding ortho intramolecular Hbond substituents is 1. The highest BCUT2D eigenvalue weighted by molar-refractivity contribution is 9.11. The summed E-state index contributed by atoms with van der Waals surface area (Å²) in [5, 5.41) is 13.1. The van der Waals surface area contributed by atoms with Gasteiger partial charge in [0, 0.05) is 13.0 Å². The smallest absolute Gasteiger partial charge is 0.242 e. The van der Waals surface area contributed by atoms with Crippen LogP contribution in [0.2, 0.25) is 0 Å². The first-order valence-corrected chi connectivity index (χ1v) is 9.35. The van der Waals surface area contributed by atoms with Crippen molar-refractivity contribution in [2.75, 3.05) is 13.7 Å². The Kier molecular flexibility index (Phi) is 6.60. The molecule has 1 heterocycles. The van der Waals surface area contributed by atoms with Crippen LogP contribution < -0.4 is 15.8 Å². The van der Waals surface area contributed by atoms with Crippen molar-refractivity contribution in [1.29, 1.82) is 0 Å². The van der Waals surface area contributed by atoms with E-state index in [1.165, 1.54) is 0 Å². The molecule has 1 aliphatic heterocycles. The van der Waals surface area contributed by atoms with E-state index in [2.05, 4.69) is 37.2 Å². The van der Waals surface area contributed by atoms with Crippen molar-refractivity contribution in [2.45, 2.75) is 18.4 Å². The minimum absolute atomic E-state index is 0. The Labute approximate surface area is 175 Å². The Morgan fingerprint density at radius 3 is 2.54 bits per heavy atom. The van der Waals surface area contributed by atoms with E-state index in [-0.39, 0.29) is 18.2 Å². The van der Waals surface area contributed by atoms with E-state index in [0.29, 0.717) is 18.7 Å². The van der Waals surface area contributed by atoms with Crippen LogP contribution in [0, 0.1) is 0 Å². The molecule has 0 radical (unpaired) electrons. The summed E-state index contributed by atoms with van der Waals surface area (Å²) >= 11 is 6.99. The number of halogens is 3. The van der Waals surface area contributed by atoms with E-state index in [0.717, 1.165) is 32.1 Å². The third kappa shape index (κ3) is 3.71. The SMILES string of the molecule is COc1c(Br)cc(CC2(C(N)=O)NCCc3cc(O)ccc32)cc1Br.Cl. The second kappa shape index (κ2) is 8.17. The summed E-state index contributed by atoms with van der Waals surface area (Å²) in [5.41, 5.74) is 7.47. The van der Waals surface area contributed by atoms with Crippen LogP contribution in [-0.4, -0.2) is 24.7 Å². The fourth-order valence-corrected chi connectivity index (χ4v) is 4.99. The van der Waals surface area contributed by atoms with Gasteiger partial charge in [0.1, 0.15) is 17.0 Å². The van der Waals surface area contributed by atoms with Crippen molar-refractivity contribution >= 4 is 50.2 Å². The molecular weight excluding hydrogens is 487 g/mol. The average molecular weight is 507 g/mol. The van der Waals surface area contributed by atoms with Crippen molar-refractivity contribution < 1.29 is 14.6 Å². The molecule has 1 amide bonds. The Bertz CT molecular complexity index is 824. The van der Waals surface area contributed by atoms with Gasteiger partial charge in [-0.3, -0.25) is 10.1 Å². The Morgan fingerprint density at radius 1 is 1.31 bits per heavy atom. The number of nitrogens with one attached hydrogen (secondary N) is 1. The van der Waals surface area contributed by atoms with Gasteiger partial charge in [0.05, 0.1) is 16.1 Å². The molecular formula is C18H19Br2ClN2O3. The fourth-order valence-electron chi connectivity index (χ4n) is 3.39. The van der Waals surface area contributed by atoms with E-state index in [9.17, 15) is 9.90 Å². The lowest BCUT2D eigenvalue weighted by molar-refractivity contribution is -0.125. The summed E-state index contributed by atoms with van der Waals surface area (Å²) in [5.74, 6) is 0.440. The molecule has 26 heavy (non-hydrogen) atoms. The number of aromatic hydroxyl groups is 1. The number of nitrogens with two attached hydrogens (primary N) is 1. The first-order valence-electron chi connectivity index (χ1n) is 7.76. The third-order valence-corrected chi connectivity index (χ3v) is 5.70. The lowest BCUT2D eigenvalue weighted by Gasteiger charge is -2.38. The van der Waals surface area contributed by atoms with Crippen molar-refractivity contribution in [1.82, 2.24) is 5.32 Å². The van der Waals surface area contributed by atoms with Gasteiger partial charge in [-0.15, -0.1) is 12.4 Å². The second-order valence-corrected chi connectivity index (χ2v) is 7.77. The topological polar surface area (TPSA) is 84.6 Å². The van der Waals surface area contributed by atoms with Crippen LogP contribution >= 0.6 is 44.3 Å². The minimum Gasteiger partial charge on any atom is -0.508 e. The van der Waals surface area contributed by atoms with Gasteiger partial charge in [-0.25, -0.2) is 0 Å². The number of primary amides is 1. The number of amides is 1. The lowest BCUT2D eigenvalue weighted by Crippen LogP contribution is -2.57. The van der Waals surface area contributed by atoms with Gasteiger partial charge in [0.25, 0.3) is 0 Å². The molecule has 5 nitrogen and oxygen atoms in total. The van der Waals surface area contributed by atoms with Crippen LogP contribution in [0.15, 0.2) is 39.3 Å². The largest absolute Gasteiger partial charge is 0.508 e. The Balaban J connectivity index is 0.00000243. The van der Waals surface area contributed by atoms with Crippen molar-refractivity contribution in [3.05, 3.63) is 56.0 Å². The standard InChI is InChI=1S/C18H18Br2N2O3.ClH/c1-25-16-14(19)6-10(7-15(16)20)9-18(17(21)24)13-3-2-12(23)8-11(13)4-5-22-18;/h2-3,6-8,22-23H,4-5,9H2,1H3,(H2,21,24);1H. The third-order valence-electron chi connectivity index (χ3n) is 4.52. The zero-order valence-electron chi connectivity index (χ0n) is 14.0. The molecule has 4 N–H and O–H groups in total. The van der Waals surface area contributed by atoms with Crippen molar-refractivity contribution in [3.8, 4) is 11.5 Å². The number of rotatable bonds is 4. The number of ether oxygens (including phenoxy) is 1. The van der Waals surface area contributed by atoms with E-state index < -0.39 is 11.4 Å². The predicted molar refractivity (Wildman–Crippen MR) is 110 cm³/mol. The molecule has 0 bridgehead atoms. The number of carbonyl (C=O) groups excluding carboxylic acids is 1. The number of hydrogen-bond acceptors (Lipinski definition) is 4. The number of carbonyl (C=O) groups is 1. The summed E-state index contributed by atoms with van der Waals surface area (Å²) in [7, 11) is 1.60. The second-order valence-electron chi connectivity index (χ2n) is 6.06. The summed E-state index contributed by atoms with van der Waals surface area (Å²) in [6.07, 6.45) is 1.12. The fraction of sp³-hybridized carbons (Fsp3) is 0.278. The number of methoxy groups -OCH3 is 1. The van der Waals surface area contributed by atoms with Crippen molar-refractivity contribution in [3.63, 3.8) is 0 Å². The molecule has 0 saturated carbocycles. The number of benzene rings is 2. The van der Waals surface area contributed by atoms with Gasteiger partial charge < -0.3 is 15.6 Å². The molecule has 140 valence electrons. The first kappa shape index (κ1) is 21.0. The molecule has 0 saturated heterocycles. The molecule has 2 aromatic carbocycles. The molecule has 0 spiro atoms. The lowest BCUT2D eigenvalue weighted by atomic mass is 9.77. The summed E-state index contributed by atoms with van der Waals surface area (Å²) in [6.45, 7) is 0.609. The van der Waals surface area contributed by atoms with Crippen LogP contribution in [0.1, 0.15) is 16.7 Å². The Hall–Kier alpha value is -1.28. The van der Waals surface area contributed by atoms with E-state index in [1.54, 1.807) is 25.3 Å². The molecule has 1 aliphatic rings. The van der Waals surface area contributed by atoms with Crippen molar-refractivity contribution in [2.24, 2.45) is 5.73 Å². The maximum atomic E-state index is 12.5. The molecule has 0 aromatic heterocycles. The molecule has 2 aromatic rings. The van der Waals surface area contributed by atoms with Gasteiger partial charge in [-0.1, -0.05) is 6.07 Å². The number of phenols is 1. The summed E-state index contributed by atoms with van der Waals surface area (Å²) in [6, 6.07) is 8.90. The highest BCUT2D eigenvalue weighted by atomic mass is 79.9. The number of fused-ring (bicyclic) bond motifs is 1. The highest BCUT2D eigenvalue weighted by Crippen LogP contribution is 2.38. The normalized spacial score (nSPS) is 18.6. The van der Waals surface area contributed by atoms with E-state index in [4.69, 9.17) is 10.5 Å². The molecule has 3 rings (SSSR count). The zero-order valence-corrected chi connectivity index (χ0v) is 18.0. The first-order chi connectivity index (χ1) is 11.9. The molecule has 0 aliphatic carbocycles. The van der Waals surface area contributed by atoms with Gasteiger partial charge in [-0.05, 0) is 79.2 Å². The molecule has 1 unspecified atom stereocenters. The average Bonchev–Trinajstić information content (AvgIpc) is 2.54. The van der Waals surface area contributed by atoms with E-state index >= 15 is 0 Å². The molecule has 0 fully saturated rings. The molecule has 1 atom stereocenters. The van der Waals surface area contributed by atoms with Crippen LogP contribution in [0.5, 0.6) is 11.5 Å². The van der Waals surface area contributed by atoms with Gasteiger partial charge >= 0.3 is 0 Å². The van der Waals surface area contributed by atoms with Gasteiger partial charge in [0.2, 0.25) is 5.91 Å². The maximum Gasteiger partial charge on any atom is 0.242 e. The van der Waals surface area contributed by atoms with Crippen LogP contribution in [0.4, 0.5) is 0 Å². The van der Waals surface area contributed by atoms with Crippen LogP contribution in [0.3, 0.4) is 0 Å². The van der Waals surface area contributed by atoms with Crippen LogP contribution in [-0.2, 0) is 23.2 Å². The predicted octanol–water partition coefficient (Wildman–Crippen LogP) is 3.42. The number of hydrogen-bond donors (Lipinski definition) is 3. The Morgan fingerprint density at radius 2 is 1.96 bits per heavy atom. The quantitative estimate of drug-likeness (QED) is 0.594. The van der Waals surface area contributed by atoms with Gasteiger partial charge in [-0.2, -0.15) is 0 Å². The summed E-state index contributed by atoms with van der Waals surface area (Å²) < 4.78 is 6.92. The maximum absolute atomic E-state index is 12.5. The summed E-state index contributed by atoms with van der Waals surface area (Å²) in [4.78, 5) is 12.5. The van der Waals surface area contributed by atoms with Crippen LogP contribution in [0.25, 0.3) is 0 Å². The highest BCUT2D eigenvalue weighted by Gasteiger charge is 2.42. The zero-order chi connectivity index (χ0) is 18.2. The monoisotopic (exact) mass is 504 g/mol. The van der Waals surface area contributed by atoms with E-state index in [1.807, 2.05) is 12.1 Å². The minimum atomic E-state index is -1.02. The molecule has 8 heteroatoms.